The van der Waals surface area contributed by atoms with Crippen LogP contribution >= 0.6 is 0 Å². The van der Waals surface area contributed by atoms with E-state index in [0.29, 0.717) is 18.2 Å². The minimum absolute atomic E-state index is 0.420. The van der Waals surface area contributed by atoms with E-state index in [9.17, 15) is 4.79 Å². The lowest BCUT2D eigenvalue weighted by molar-refractivity contribution is 0.111. The minimum atomic E-state index is 0.420. The summed E-state index contributed by atoms with van der Waals surface area (Å²) < 4.78 is 5.27. The number of anilines is 1. The molecule has 2 aromatic heterocycles. The van der Waals surface area contributed by atoms with Gasteiger partial charge in [0.05, 0.1) is 12.8 Å². The zero-order chi connectivity index (χ0) is 13.2. The molecule has 0 unspecified atom stereocenters. The monoisotopic (exact) mass is 257 g/mol. The van der Waals surface area contributed by atoms with E-state index in [2.05, 4.69) is 15.3 Å². The topological polar surface area (TPSA) is 68.0 Å². The molecule has 2 heterocycles. The Labute approximate surface area is 111 Å². The van der Waals surface area contributed by atoms with Crippen LogP contribution in [0.2, 0.25) is 0 Å². The summed E-state index contributed by atoms with van der Waals surface area (Å²) in [5.41, 5.74) is 1.25. The number of nitrogens with zero attached hydrogens (tertiary/aromatic N) is 2. The highest BCUT2D eigenvalue weighted by molar-refractivity contribution is 5.76. The Morgan fingerprint density at radius 2 is 2.32 bits per heavy atom. The number of aldehydes is 1. The zero-order valence-corrected chi connectivity index (χ0v) is 10.7. The molecule has 0 atom stereocenters. The van der Waals surface area contributed by atoms with Gasteiger partial charge in [-0.25, -0.2) is 9.97 Å². The Kier molecular flexibility index (Phi) is 3.03. The molecule has 3 rings (SSSR count). The van der Waals surface area contributed by atoms with E-state index in [4.69, 9.17) is 4.42 Å². The maximum atomic E-state index is 11.1. The van der Waals surface area contributed by atoms with Gasteiger partial charge in [-0.3, -0.25) is 4.79 Å². The van der Waals surface area contributed by atoms with Crippen molar-refractivity contribution in [1.29, 1.82) is 0 Å². The number of carbonyl (C=O) groups is 1. The van der Waals surface area contributed by atoms with Crippen molar-refractivity contribution in [1.82, 2.24) is 9.97 Å². The fourth-order valence-corrected chi connectivity index (χ4v) is 1.95. The molecule has 1 aliphatic carbocycles. The summed E-state index contributed by atoms with van der Waals surface area (Å²) >= 11 is 0. The number of aromatic nitrogens is 2. The van der Waals surface area contributed by atoms with Gasteiger partial charge in [-0.05, 0) is 31.9 Å². The first-order valence-corrected chi connectivity index (χ1v) is 6.38. The third kappa shape index (κ3) is 2.50. The van der Waals surface area contributed by atoms with Crippen LogP contribution in [0.1, 0.15) is 46.4 Å². The van der Waals surface area contributed by atoms with Crippen LogP contribution < -0.4 is 5.32 Å². The molecule has 2 aromatic rings. The highest BCUT2D eigenvalue weighted by Gasteiger charge is 2.28. The van der Waals surface area contributed by atoms with Crippen LogP contribution in [0, 0.1) is 6.92 Å². The fourth-order valence-electron chi connectivity index (χ4n) is 1.95. The fraction of sp³-hybridized carbons (Fsp3) is 0.357. The largest absolute Gasteiger partial charge is 0.467 e. The molecule has 0 aromatic carbocycles. The van der Waals surface area contributed by atoms with Crippen LogP contribution in [0.4, 0.5) is 5.82 Å². The van der Waals surface area contributed by atoms with E-state index in [1.54, 1.807) is 6.26 Å². The summed E-state index contributed by atoms with van der Waals surface area (Å²) in [7, 11) is 0. The molecule has 0 amide bonds. The number of rotatable bonds is 5. The highest BCUT2D eigenvalue weighted by Crippen LogP contribution is 2.38. The summed E-state index contributed by atoms with van der Waals surface area (Å²) in [6.07, 6.45) is 4.65. The van der Waals surface area contributed by atoms with Crippen molar-refractivity contribution < 1.29 is 9.21 Å². The van der Waals surface area contributed by atoms with E-state index in [0.717, 1.165) is 42.1 Å². The van der Waals surface area contributed by atoms with E-state index < -0.39 is 0 Å². The van der Waals surface area contributed by atoms with Gasteiger partial charge in [0.2, 0.25) is 0 Å². The summed E-state index contributed by atoms with van der Waals surface area (Å²) in [4.78, 5) is 19.9. The average molecular weight is 257 g/mol. The molecule has 1 saturated carbocycles. The molecule has 0 spiro atoms. The first-order chi connectivity index (χ1) is 9.28. The van der Waals surface area contributed by atoms with E-state index in [1.807, 2.05) is 19.1 Å². The predicted octanol–water partition coefficient (Wildman–Crippen LogP) is 2.68. The third-order valence-corrected chi connectivity index (χ3v) is 3.27. The van der Waals surface area contributed by atoms with Crippen molar-refractivity contribution >= 4 is 12.1 Å². The molecule has 0 saturated heterocycles. The van der Waals surface area contributed by atoms with Gasteiger partial charge in [0.25, 0.3) is 0 Å². The quantitative estimate of drug-likeness (QED) is 0.834. The Bertz CT molecular complexity index is 589. The van der Waals surface area contributed by atoms with Gasteiger partial charge >= 0.3 is 0 Å². The Morgan fingerprint density at radius 3 is 2.95 bits per heavy atom. The van der Waals surface area contributed by atoms with Gasteiger partial charge in [0, 0.05) is 11.5 Å². The van der Waals surface area contributed by atoms with E-state index >= 15 is 0 Å². The first-order valence-electron chi connectivity index (χ1n) is 6.38. The van der Waals surface area contributed by atoms with Gasteiger partial charge in [0.15, 0.2) is 6.29 Å². The molecule has 5 nitrogen and oxygen atoms in total. The van der Waals surface area contributed by atoms with Gasteiger partial charge < -0.3 is 9.73 Å². The Morgan fingerprint density at radius 1 is 1.47 bits per heavy atom. The van der Waals surface area contributed by atoms with Gasteiger partial charge in [0.1, 0.15) is 23.1 Å². The molecule has 19 heavy (non-hydrogen) atoms. The van der Waals surface area contributed by atoms with Crippen LogP contribution in [0.3, 0.4) is 0 Å². The zero-order valence-electron chi connectivity index (χ0n) is 10.7. The SMILES string of the molecule is Cc1c(C=O)nc(C2CC2)nc1NCc1ccco1. The van der Waals surface area contributed by atoms with Crippen molar-refractivity contribution in [3.05, 3.63) is 41.2 Å². The normalized spacial score (nSPS) is 14.4. The van der Waals surface area contributed by atoms with E-state index in [-0.39, 0.29) is 0 Å². The maximum Gasteiger partial charge on any atom is 0.168 e. The van der Waals surface area contributed by atoms with Crippen LogP contribution in [0.15, 0.2) is 22.8 Å². The lowest BCUT2D eigenvalue weighted by atomic mass is 10.2. The Hall–Kier alpha value is -2.17. The molecular formula is C14H15N3O2. The highest BCUT2D eigenvalue weighted by atomic mass is 16.3. The summed E-state index contributed by atoms with van der Waals surface area (Å²) in [6, 6.07) is 3.74. The third-order valence-electron chi connectivity index (χ3n) is 3.27. The van der Waals surface area contributed by atoms with Crippen LogP contribution in [0.25, 0.3) is 0 Å². The smallest absolute Gasteiger partial charge is 0.168 e. The molecule has 1 N–H and O–H groups in total. The molecule has 1 aliphatic rings. The van der Waals surface area contributed by atoms with Crippen molar-refractivity contribution in [3.63, 3.8) is 0 Å². The van der Waals surface area contributed by atoms with Crippen LogP contribution in [-0.2, 0) is 6.54 Å². The number of nitrogens with one attached hydrogen (secondary N) is 1. The lowest BCUT2D eigenvalue weighted by Gasteiger charge is -2.10. The molecule has 5 heteroatoms. The number of hydrogen-bond donors (Lipinski definition) is 1. The first kappa shape index (κ1) is 11.9. The van der Waals surface area contributed by atoms with Gasteiger partial charge in [-0.1, -0.05) is 0 Å². The number of hydrogen-bond acceptors (Lipinski definition) is 5. The second-order valence-electron chi connectivity index (χ2n) is 4.77. The molecule has 0 aliphatic heterocycles. The molecule has 1 fully saturated rings. The number of carbonyl (C=O) groups excluding carboxylic acids is 1. The molecule has 0 radical (unpaired) electrons. The minimum Gasteiger partial charge on any atom is -0.467 e. The van der Waals surface area contributed by atoms with E-state index in [1.165, 1.54) is 0 Å². The molecule has 0 bridgehead atoms. The predicted molar refractivity (Wildman–Crippen MR) is 70.2 cm³/mol. The van der Waals surface area contributed by atoms with Gasteiger partial charge in [-0.15, -0.1) is 0 Å². The average Bonchev–Trinajstić information content (AvgIpc) is 3.14. The Balaban J connectivity index is 1.85. The van der Waals surface area contributed by atoms with Crippen molar-refractivity contribution in [2.24, 2.45) is 0 Å². The van der Waals surface area contributed by atoms with Gasteiger partial charge in [-0.2, -0.15) is 0 Å². The molecular weight excluding hydrogens is 242 g/mol. The lowest BCUT2D eigenvalue weighted by Crippen LogP contribution is -2.09. The van der Waals surface area contributed by atoms with Crippen LogP contribution in [-0.4, -0.2) is 16.3 Å². The van der Waals surface area contributed by atoms with Crippen LogP contribution in [0.5, 0.6) is 0 Å². The summed E-state index contributed by atoms with van der Waals surface area (Å²) in [6.45, 7) is 2.40. The second kappa shape index (κ2) is 4.84. The summed E-state index contributed by atoms with van der Waals surface area (Å²) in [5.74, 6) is 2.74. The maximum absolute atomic E-state index is 11.1. The van der Waals surface area contributed by atoms with Crippen molar-refractivity contribution in [2.75, 3.05) is 5.32 Å². The van der Waals surface area contributed by atoms with Crippen molar-refractivity contribution in [3.8, 4) is 0 Å². The molecule has 98 valence electrons. The van der Waals surface area contributed by atoms with Crippen molar-refractivity contribution in [2.45, 2.75) is 32.2 Å². The second-order valence-corrected chi connectivity index (χ2v) is 4.77. The number of furan rings is 1. The summed E-state index contributed by atoms with van der Waals surface area (Å²) in [5, 5.41) is 3.21. The standard InChI is InChI=1S/C14H15N3O2/c1-9-12(8-18)16-14(10-4-5-10)17-13(9)15-7-11-3-2-6-19-11/h2-3,6,8,10H,4-5,7H2,1H3,(H,15,16,17).